The van der Waals surface area contributed by atoms with Gasteiger partial charge in [0.05, 0.1) is 31.1 Å². The summed E-state index contributed by atoms with van der Waals surface area (Å²) in [7, 11) is 0. The third-order valence-electron chi connectivity index (χ3n) is 6.47. The number of aliphatic carboxylic acids is 1. The van der Waals surface area contributed by atoms with E-state index in [-0.39, 0.29) is 30.4 Å². The summed E-state index contributed by atoms with van der Waals surface area (Å²) >= 11 is 1.35. The third-order valence-corrected chi connectivity index (χ3v) is 7.42. The van der Waals surface area contributed by atoms with Crippen molar-refractivity contribution in [1.82, 2.24) is 10.6 Å². The van der Waals surface area contributed by atoms with Crippen molar-refractivity contribution < 1.29 is 28.7 Å². The Morgan fingerprint density at radius 3 is 2.66 bits per heavy atom. The van der Waals surface area contributed by atoms with Gasteiger partial charge in [0.15, 0.2) is 0 Å². The van der Waals surface area contributed by atoms with E-state index in [4.69, 9.17) is 9.84 Å². The number of hydrogen-bond acceptors (Lipinski definition) is 7. The highest BCUT2D eigenvalue weighted by atomic mass is 32.1. The Morgan fingerprint density at radius 2 is 2.06 bits per heavy atom. The van der Waals surface area contributed by atoms with E-state index in [9.17, 15) is 24.1 Å². The zero-order valence-electron chi connectivity index (χ0n) is 19.6. The minimum absolute atomic E-state index is 0.0976. The first-order valence-electron chi connectivity index (χ1n) is 11.5. The Kier molecular flexibility index (Phi) is 9.30. The predicted molar refractivity (Wildman–Crippen MR) is 128 cm³/mol. The van der Waals surface area contributed by atoms with Gasteiger partial charge >= 0.3 is 5.97 Å². The molecule has 0 radical (unpaired) electrons. The lowest BCUT2D eigenvalue weighted by Crippen LogP contribution is -2.51. The number of benzene rings is 1. The van der Waals surface area contributed by atoms with Crippen molar-refractivity contribution in [2.75, 3.05) is 6.54 Å². The first-order valence-corrected chi connectivity index (χ1v) is 12.4. The largest absolute Gasteiger partial charge is 0.481 e. The highest BCUT2D eigenvalue weighted by Gasteiger charge is 2.58. The molecule has 1 aromatic heterocycles. The average molecular weight is 508 g/mol. The molecule has 1 fully saturated rings. The van der Waals surface area contributed by atoms with Gasteiger partial charge in [-0.15, -0.1) is 11.3 Å². The minimum Gasteiger partial charge on any atom is -0.481 e. The van der Waals surface area contributed by atoms with E-state index >= 15 is 0 Å². The number of ether oxygens (including phenoxy) is 1. The second kappa shape index (κ2) is 12.2. The van der Waals surface area contributed by atoms with Crippen LogP contribution in [0, 0.1) is 27.8 Å². The number of hydrogen-bond donors (Lipinski definition) is 3. The Bertz CT molecular complexity index is 1020. The van der Waals surface area contributed by atoms with Gasteiger partial charge in [-0.25, -0.2) is 4.39 Å². The van der Waals surface area contributed by atoms with Crippen molar-refractivity contribution in [3.63, 3.8) is 0 Å². The van der Waals surface area contributed by atoms with Gasteiger partial charge in [0.25, 0.3) is 0 Å². The smallest absolute Gasteiger partial charge is 0.305 e. The fraction of sp³-hybridized carbons (Fsp3) is 0.500. The molecule has 1 unspecified atom stereocenters. The lowest BCUT2D eigenvalue weighted by atomic mass is 9.81. The molecule has 1 aromatic carbocycles. The molecule has 6 atom stereocenters. The summed E-state index contributed by atoms with van der Waals surface area (Å²) in [6.07, 6.45) is -0.378. The van der Waals surface area contributed by atoms with Gasteiger partial charge < -0.3 is 15.2 Å². The molecule has 1 saturated heterocycles. The molecule has 0 spiro atoms. The first kappa shape index (κ1) is 26.7. The lowest BCUT2D eigenvalue weighted by molar-refractivity contribution is -0.535. The van der Waals surface area contributed by atoms with Gasteiger partial charge in [0.2, 0.25) is 11.9 Å². The number of carboxylic acid groups (broad SMARTS) is 1. The molecular formula is C24H30FN3O6S. The summed E-state index contributed by atoms with van der Waals surface area (Å²) in [6.45, 7) is 3.61. The fourth-order valence-electron chi connectivity index (χ4n) is 4.53. The molecule has 2 heterocycles. The second-order valence-electron chi connectivity index (χ2n) is 8.68. The number of carbonyl (C=O) groups is 2. The number of nitro groups is 1. The molecule has 1 aliphatic rings. The molecule has 1 aliphatic heterocycles. The van der Waals surface area contributed by atoms with Crippen LogP contribution in [0.4, 0.5) is 4.39 Å². The van der Waals surface area contributed by atoms with Crippen LogP contribution < -0.4 is 10.6 Å². The van der Waals surface area contributed by atoms with Crippen LogP contribution in [0.3, 0.4) is 0 Å². The summed E-state index contributed by atoms with van der Waals surface area (Å²) in [5.41, 5.74) is 0.321. The van der Waals surface area contributed by atoms with Crippen molar-refractivity contribution >= 4 is 23.2 Å². The van der Waals surface area contributed by atoms with Crippen molar-refractivity contribution in [3.05, 3.63) is 68.2 Å². The Hall–Kier alpha value is -2.89. The molecular weight excluding hydrogens is 477 g/mol. The highest BCUT2D eigenvalue weighted by Crippen LogP contribution is 2.41. The topological polar surface area (TPSA) is 131 Å². The summed E-state index contributed by atoms with van der Waals surface area (Å²) in [5, 5.41) is 28.8. The van der Waals surface area contributed by atoms with E-state index in [1.165, 1.54) is 17.4 Å². The Balaban J connectivity index is 1.96. The maximum Gasteiger partial charge on any atom is 0.305 e. The van der Waals surface area contributed by atoms with Crippen molar-refractivity contribution in [1.29, 1.82) is 0 Å². The van der Waals surface area contributed by atoms with Crippen LogP contribution in [0.25, 0.3) is 0 Å². The van der Waals surface area contributed by atoms with E-state index in [1.54, 1.807) is 30.3 Å². The second-order valence-corrected chi connectivity index (χ2v) is 9.66. The summed E-state index contributed by atoms with van der Waals surface area (Å²) in [4.78, 5) is 36.8. The Labute approximate surface area is 206 Å². The van der Waals surface area contributed by atoms with Gasteiger partial charge in [0, 0.05) is 21.9 Å². The number of rotatable bonds is 12. The summed E-state index contributed by atoms with van der Waals surface area (Å²) in [6, 6.07) is 6.82. The monoisotopic (exact) mass is 507 g/mol. The van der Waals surface area contributed by atoms with Gasteiger partial charge in [-0.1, -0.05) is 44.5 Å². The van der Waals surface area contributed by atoms with Crippen LogP contribution in [0.15, 0.2) is 41.8 Å². The van der Waals surface area contributed by atoms with Crippen LogP contribution in [-0.2, 0) is 20.9 Å². The van der Waals surface area contributed by atoms with Crippen molar-refractivity contribution in [2.45, 2.75) is 57.5 Å². The molecule has 11 heteroatoms. The number of amides is 1. The van der Waals surface area contributed by atoms with Gasteiger partial charge in [-0.05, 0) is 23.4 Å². The number of halogens is 1. The maximum absolute atomic E-state index is 14.3. The van der Waals surface area contributed by atoms with Gasteiger partial charge in [-0.2, -0.15) is 0 Å². The number of nitrogens with one attached hydrogen (secondary N) is 2. The molecule has 0 bridgehead atoms. The van der Waals surface area contributed by atoms with Crippen LogP contribution in [-0.4, -0.2) is 46.6 Å². The first-order chi connectivity index (χ1) is 16.7. The normalized spacial score (nSPS) is 23.5. The van der Waals surface area contributed by atoms with Crippen LogP contribution in [0.2, 0.25) is 0 Å². The van der Waals surface area contributed by atoms with Crippen LogP contribution in [0.5, 0.6) is 0 Å². The SMILES string of the molecule is CC[C@H](C)C(OCc1ccccc1F)[C@H]1[C@H]([N+](=O)[O-])[C@H](c2cccs2)N[C@@H]1C(=O)NCCC(=O)O. The van der Waals surface area contributed by atoms with E-state index < -0.39 is 47.8 Å². The zero-order valence-corrected chi connectivity index (χ0v) is 20.4. The molecule has 190 valence electrons. The van der Waals surface area contributed by atoms with E-state index in [0.717, 1.165) is 4.88 Å². The van der Waals surface area contributed by atoms with Crippen molar-refractivity contribution in [2.24, 2.45) is 11.8 Å². The lowest BCUT2D eigenvalue weighted by Gasteiger charge is -2.32. The predicted octanol–water partition coefficient (Wildman–Crippen LogP) is 3.38. The third kappa shape index (κ3) is 6.41. The molecule has 1 amide bonds. The molecule has 35 heavy (non-hydrogen) atoms. The Morgan fingerprint density at radius 1 is 1.31 bits per heavy atom. The molecule has 3 rings (SSSR count). The molecule has 9 nitrogen and oxygen atoms in total. The van der Waals surface area contributed by atoms with Crippen LogP contribution >= 0.6 is 11.3 Å². The van der Waals surface area contributed by atoms with Crippen LogP contribution in [0.1, 0.15) is 43.2 Å². The average Bonchev–Trinajstić information content (AvgIpc) is 3.48. The molecule has 0 saturated carbocycles. The maximum atomic E-state index is 14.3. The van der Waals surface area contributed by atoms with E-state index in [2.05, 4.69) is 10.6 Å². The number of nitrogens with zero attached hydrogens (tertiary/aromatic N) is 1. The number of thiophene rings is 1. The summed E-state index contributed by atoms with van der Waals surface area (Å²) in [5.74, 6) is -3.07. The minimum atomic E-state index is -1.18. The number of carboxylic acids is 1. The molecule has 2 aromatic rings. The quantitative estimate of drug-likeness (QED) is 0.296. The van der Waals surface area contributed by atoms with E-state index in [0.29, 0.717) is 12.0 Å². The molecule has 0 aliphatic carbocycles. The van der Waals surface area contributed by atoms with Crippen molar-refractivity contribution in [3.8, 4) is 0 Å². The zero-order chi connectivity index (χ0) is 25.5. The van der Waals surface area contributed by atoms with Gasteiger partial charge in [0.1, 0.15) is 11.9 Å². The standard InChI is InChI=1S/C24H30FN3O6S/c1-3-14(2)23(34-13-15-7-4-5-8-16(15)25)19-21(24(31)26-11-10-18(29)30)27-20(22(19)28(32)33)17-9-6-12-35-17/h4-9,12,14,19-23,27H,3,10-11,13H2,1-2H3,(H,26,31)(H,29,30)/t14-,19+,20-,21-,22-,23?/m0/s1. The number of carbonyl (C=O) groups excluding carboxylic acids is 1. The van der Waals surface area contributed by atoms with Gasteiger partial charge in [-0.3, -0.25) is 25.0 Å². The summed E-state index contributed by atoms with van der Waals surface area (Å²) < 4.78 is 20.4. The fourth-order valence-corrected chi connectivity index (χ4v) is 5.35. The molecule has 3 N–H and O–H groups in total. The van der Waals surface area contributed by atoms with E-state index in [1.807, 2.05) is 19.2 Å². The highest BCUT2D eigenvalue weighted by molar-refractivity contribution is 7.10.